The van der Waals surface area contributed by atoms with E-state index in [1.165, 1.54) is 44.9 Å². The predicted octanol–water partition coefficient (Wildman–Crippen LogP) is 3.61. The first-order chi connectivity index (χ1) is 8.31. The molecular formula is C15H27NO. The lowest BCUT2D eigenvalue weighted by atomic mass is 9.79. The number of carbonyl (C=O) groups excluding carboxylic acids is 1. The topological polar surface area (TPSA) is 20.3 Å². The van der Waals surface area contributed by atoms with Gasteiger partial charge in [0.1, 0.15) is 0 Å². The Bertz CT molecular complexity index is 237. The highest BCUT2D eigenvalue weighted by molar-refractivity contribution is 5.79. The van der Waals surface area contributed by atoms with Gasteiger partial charge in [0, 0.05) is 19.0 Å². The van der Waals surface area contributed by atoms with Crippen LogP contribution in [0.4, 0.5) is 0 Å². The molecule has 0 aromatic carbocycles. The van der Waals surface area contributed by atoms with E-state index in [1.807, 2.05) is 0 Å². The van der Waals surface area contributed by atoms with Crippen LogP contribution in [0, 0.1) is 11.8 Å². The van der Waals surface area contributed by atoms with Crippen LogP contribution in [-0.4, -0.2) is 23.9 Å². The first kappa shape index (κ1) is 12.9. The second-order valence-corrected chi connectivity index (χ2v) is 5.89. The minimum Gasteiger partial charge on any atom is -0.342 e. The van der Waals surface area contributed by atoms with Gasteiger partial charge in [0.05, 0.1) is 0 Å². The van der Waals surface area contributed by atoms with Crippen LogP contribution in [0.3, 0.4) is 0 Å². The second kappa shape index (κ2) is 6.42. The molecule has 0 radical (unpaired) electrons. The van der Waals surface area contributed by atoms with E-state index in [0.717, 1.165) is 31.8 Å². The number of likely N-dealkylation sites (tertiary alicyclic amines) is 1. The van der Waals surface area contributed by atoms with Gasteiger partial charge in [-0.25, -0.2) is 0 Å². The number of hydrogen-bond acceptors (Lipinski definition) is 1. The summed E-state index contributed by atoms with van der Waals surface area (Å²) < 4.78 is 0. The highest BCUT2D eigenvalue weighted by atomic mass is 16.2. The molecule has 2 heteroatoms. The molecule has 2 aliphatic rings. The van der Waals surface area contributed by atoms with E-state index >= 15 is 0 Å². The van der Waals surface area contributed by atoms with Crippen LogP contribution in [0.15, 0.2) is 0 Å². The van der Waals surface area contributed by atoms with E-state index in [0.29, 0.717) is 11.8 Å². The minimum atomic E-state index is 0.367. The van der Waals surface area contributed by atoms with Gasteiger partial charge >= 0.3 is 0 Å². The largest absolute Gasteiger partial charge is 0.342 e. The molecule has 1 saturated carbocycles. The van der Waals surface area contributed by atoms with Gasteiger partial charge in [-0.2, -0.15) is 0 Å². The summed E-state index contributed by atoms with van der Waals surface area (Å²) in [5.41, 5.74) is 0. The van der Waals surface area contributed by atoms with Crippen molar-refractivity contribution in [2.24, 2.45) is 11.8 Å². The Morgan fingerprint density at radius 2 is 1.76 bits per heavy atom. The molecule has 98 valence electrons. The summed E-state index contributed by atoms with van der Waals surface area (Å²) in [6.45, 7) is 4.31. The summed E-state index contributed by atoms with van der Waals surface area (Å²) in [5, 5.41) is 0. The van der Waals surface area contributed by atoms with Crippen LogP contribution in [-0.2, 0) is 4.79 Å². The summed E-state index contributed by atoms with van der Waals surface area (Å²) in [7, 11) is 0. The maximum absolute atomic E-state index is 12.2. The Morgan fingerprint density at radius 3 is 2.35 bits per heavy atom. The third kappa shape index (κ3) is 3.46. The zero-order valence-electron chi connectivity index (χ0n) is 11.3. The molecule has 1 heterocycles. The Balaban J connectivity index is 1.72. The highest BCUT2D eigenvalue weighted by Crippen LogP contribution is 2.33. The van der Waals surface area contributed by atoms with Gasteiger partial charge in [-0.15, -0.1) is 0 Å². The fourth-order valence-electron chi connectivity index (χ4n) is 3.39. The molecule has 2 fully saturated rings. The Labute approximate surface area is 106 Å². The monoisotopic (exact) mass is 237 g/mol. The first-order valence-corrected chi connectivity index (χ1v) is 7.60. The van der Waals surface area contributed by atoms with Gasteiger partial charge in [0.2, 0.25) is 5.91 Å². The zero-order chi connectivity index (χ0) is 12.1. The fraction of sp³-hybridized carbons (Fsp3) is 0.933. The van der Waals surface area contributed by atoms with Crippen LogP contribution >= 0.6 is 0 Å². The molecule has 0 bridgehead atoms. The smallest absolute Gasteiger partial charge is 0.225 e. The van der Waals surface area contributed by atoms with E-state index < -0.39 is 0 Å². The molecule has 0 spiro atoms. The van der Waals surface area contributed by atoms with Crippen molar-refractivity contribution in [3.63, 3.8) is 0 Å². The molecule has 1 aliphatic carbocycles. The molecule has 0 atom stereocenters. The lowest BCUT2D eigenvalue weighted by Gasteiger charge is -2.30. The third-order valence-corrected chi connectivity index (χ3v) is 4.58. The summed E-state index contributed by atoms with van der Waals surface area (Å²) in [4.78, 5) is 14.4. The molecule has 1 saturated heterocycles. The number of amides is 1. The quantitative estimate of drug-likeness (QED) is 0.731. The summed E-state index contributed by atoms with van der Waals surface area (Å²) in [6.07, 6.45) is 11.4. The van der Waals surface area contributed by atoms with Gasteiger partial charge in [-0.05, 0) is 44.4 Å². The standard InChI is InChI=1S/C15H27NO/c1-2-3-6-13-7-9-14(10-8-13)15(17)16-11-4-5-12-16/h13-14H,2-12H2,1H3. The second-order valence-electron chi connectivity index (χ2n) is 5.89. The van der Waals surface area contributed by atoms with Crippen LogP contribution < -0.4 is 0 Å². The van der Waals surface area contributed by atoms with E-state index in [9.17, 15) is 4.79 Å². The van der Waals surface area contributed by atoms with Gasteiger partial charge in [0.15, 0.2) is 0 Å². The highest BCUT2D eigenvalue weighted by Gasteiger charge is 2.30. The molecule has 2 nitrogen and oxygen atoms in total. The summed E-state index contributed by atoms with van der Waals surface area (Å²) in [6, 6.07) is 0. The lowest BCUT2D eigenvalue weighted by Crippen LogP contribution is -2.35. The van der Waals surface area contributed by atoms with Crippen molar-refractivity contribution in [3.05, 3.63) is 0 Å². The Morgan fingerprint density at radius 1 is 1.12 bits per heavy atom. The maximum Gasteiger partial charge on any atom is 0.225 e. The van der Waals surface area contributed by atoms with E-state index in [1.54, 1.807) is 0 Å². The molecule has 2 rings (SSSR count). The van der Waals surface area contributed by atoms with Gasteiger partial charge in [-0.3, -0.25) is 4.79 Å². The number of nitrogens with zero attached hydrogens (tertiary/aromatic N) is 1. The van der Waals surface area contributed by atoms with E-state index in [2.05, 4.69) is 11.8 Å². The van der Waals surface area contributed by atoms with Crippen molar-refractivity contribution in [2.75, 3.05) is 13.1 Å². The third-order valence-electron chi connectivity index (χ3n) is 4.58. The van der Waals surface area contributed by atoms with Gasteiger partial charge in [-0.1, -0.05) is 26.2 Å². The number of rotatable bonds is 4. The van der Waals surface area contributed by atoms with Crippen LogP contribution in [0.5, 0.6) is 0 Å². The molecule has 1 aliphatic heterocycles. The molecule has 0 unspecified atom stereocenters. The van der Waals surface area contributed by atoms with E-state index in [-0.39, 0.29) is 0 Å². The Hall–Kier alpha value is -0.530. The van der Waals surface area contributed by atoms with Crippen molar-refractivity contribution < 1.29 is 4.79 Å². The maximum atomic E-state index is 12.2. The number of carbonyl (C=O) groups is 1. The van der Waals surface area contributed by atoms with E-state index in [4.69, 9.17) is 0 Å². The zero-order valence-corrected chi connectivity index (χ0v) is 11.3. The van der Waals surface area contributed by atoms with Crippen molar-refractivity contribution in [1.82, 2.24) is 4.90 Å². The average molecular weight is 237 g/mol. The number of hydrogen-bond donors (Lipinski definition) is 0. The van der Waals surface area contributed by atoms with Crippen LogP contribution in [0.25, 0.3) is 0 Å². The minimum absolute atomic E-state index is 0.367. The van der Waals surface area contributed by atoms with Crippen molar-refractivity contribution in [1.29, 1.82) is 0 Å². The van der Waals surface area contributed by atoms with Crippen molar-refractivity contribution in [3.8, 4) is 0 Å². The molecule has 0 aromatic heterocycles. The van der Waals surface area contributed by atoms with Gasteiger partial charge in [0.25, 0.3) is 0 Å². The normalized spacial score (nSPS) is 29.6. The molecular weight excluding hydrogens is 210 g/mol. The van der Waals surface area contributed by atoms with Crippen LogP contribution in [0.1, 0.15) is 64.7 Å². The SMILES string of the molecule is CCCCC1CCC(C(=O)N2CCCC2)CC1. The first-order valence-electron chi connectivity index (χ1n) is 7.60. The molecule has 0 N–H and O–H groups in total. The predicted molar refractivity (Wildman–Crippen MR) is 70.8 cm³/mol. The lowest BCUT2D eigenvalue weighted by molar-refractivity contribution is -0.135. The summed E-state index contributed by atoms with van der Waals surface area (Å²) >= 11 is 0. The fourth-order valence-corrected chi connectivity index (χ4v) is 3.39. The summed E-state index contributed by atoms with van der Waals surface area (Å²) in [5.74, 6) is 1.75. The molecule has 1 amide bonds. The number of unbranched alkanes of at least 4 members (excludes halogenated alkanes) is 1. The van der Waals surface area contributed by atoms with Gasteiger partial charge < -0.3 is 4.90 Å². The average Bonchev–Trinajstić information content (AvgIpc) is 2.90. The molecule has 0 aromatic rings. The Kier molecular flexibility index (Phi) is 4.87. The van der Waals surface area contributed by atoms with Crippen molar-refractivity contribution >= 4 is 5.91 Å². The van der Waals surface area contributed by atoms with Crippen molar-refractivity contribution in [2.45, 2.75) is 64.7 Å². The molecule has 17 heavy (non-hydrogen) atoms. The van der Waals surface area contributed by atoms with Crippen LogP contribution in [0.2, 0.25) is 0 Å².